The Morgan fingerprint density at radius 1 is 1.37 bits per heavy atom. The molecule has 1 saturated heterocycles. The lowest BCUT2D eigenvalue weighted by Crippen LogP contribution is -2.35. The van der Waals surface area contributed by atoms with Crippen LogP contribution in [-0.4, -0.2) is 19.5 Å². The minimum atomic E-state index is -2.25. The van der Waals surface area contributed by atoms with E-state index in [-0.39, 0.29) is 0 Å². The number of rotatable bonds is 3. The Kier molecular flexibility index (Phi) is 4.61. The molecule has 1 aromatic carbocycles. The third-order valence-electron chi connectivity index (χ3n) is 3.33. The molecule has 1 aliphatic heterocycles. The first-order valence-corrected chi connectivity index (χ1v) is 6.79. The number of benzene rings is 1. The average molecular weight is 331 g/mol. The van der Waals surface area contributed by atoms with Crippen LogP contribution in [0.3, 0.4) is 0 Å². The van der Waals surface area contributed by atoms with Crippen LogP contribution in [0.2, 0.25) is 0 Å². The summed E-state index contributed by atoms with van der Waals surface area (Å²) in [4.78, 5) is 4.79. The molecule has 0 bridgehead atoms. The summed E-state index contributed by atoms with van der Waals surface area (Å²) < 4.78 is 26.1. The summed E-state index contributed by atoms with van der Waals surface area (Å²) in [5, 5.41) is 3.65. The highest BCUT2D eigenvalue weighted by molar-refractivity contribution is 9.10. The number of azide groups is 1. The van der Waals surface area contributed by atoms with Crippen LogP contribution < -0.4 is 4.90 Å². The van der Waals surface area contributed by atoms with Gasteiger partial charge in [0, 0.05) is 34.1 Å². The summed E-state index contributed by atoms with van der Waals surface area (Å²) in [5.41, 5.74) is 9.88. The molecule has 1 fully saturated rings. The predicted molar refractivity (Wildman–Crippen MR) is 73.9 cm³/mol. The van der Waals surface area contributed by atoms with Gasteiger partial charge in [0.2, 0.25) is 6.43 Å². The van der Waals surface area contributed by atoms with Crippen molar-refractivity contribution >= 4 is 27.3 Å². The molecular weight excluding hydrogens is 318 g/mol. The normalized spacial score (nSPS) is 16.5. The van der Waals surface area contributed by atoms with Gasteiger partial charge in [0.1, 0.15) is 0 Å². The fourth-order valence-corrected chi connectivity index (χ4v) is 2.62. The van der Waals surface area contributed by atoms with Crippen molar-refractivity contribution in [3.05, 3.63) is 33.1 Å². The smallest absolute Gasteiger partial charge is 0.241 e. The molecule has 0 radical (unpaired) electrons. The SMILES string of the molecule is [N-]=[N+]=Nc1ccc(Br)cc1N1CCC(C(F)F)CC1. The van der Waals surface area contributed by atoms with E-state index in [0.717, 1.165) is 10.2 Å². The van der Waals surface area contributed by atoms with E-state index >= 15 is 0 Å². The molecule has 2 rings (SSSR count). The molecule has 0 aliphatic carbocycles. The molecule has 0 unspecified atom stereocenters. The molecule has 0 spiro atoms. The average Bonchev–Trinajstić information content (AvgIpc) is 2.41. The Morgan fingerprint density at radius 2 is 2.05 bits per heavy atom. The highest BCUT2D eigenvalue weighted by Crippen LogP contribution is 2.35. The Bertz CT molecular complexity index is 495. The summed E-state index contributed by atoms with van der Waals surface area (Å²) in [7, 11) is 0. The van der Waals surface area contributed by atoms with Crippen molar-refractivity contribution in [3.8, 4) is 0 Å². The molecule has 0 N–H and O–H groups in total. The van der Waals surface area contributed by atoms with Crippen molar-refractivity contribution in [1.29, 1.82) is 0 Å². The zero-order valence-electron chi connectivity index (χ0n) is 10.1. The monoisotopic (exact) mass is 330 g/mol. The van der Waals surface area contributed by atoms with Crippen LogP contribution in [0, 0.1) is 5.92 Å². The largest absolute Gasteiger partial charge is 0.371 e. The molecule has 1 aromatic rings. The maximum atomic E-state index is 12.6. The number of piperidine rings is 1. The third-order valence-corrected chi connectivity index (χ3v) is 3.82. The lowest BCUT2D eigenvalue weighted by atomic mass is 9.97. The zero-order chi connectivity index (χ0) is 13.8. The molecule has 0 amide bonds. The van der Waals surface area contributed by atoms with E-state index in [2.05, 4.69) is 26.0 Å². The fraction of sp³-hybridized carbons (Fsp3) is 0.500. The van der Waals surface area contributed by atoms with Gasteiger partial charge < -0.3 is 4.90 Å². The van der Waals surface area contributed by atoms with Crippen LogP contribution in [0.15, 0.2) is 27.8 Å². The second kappa shape index (κ2) is 6.21. The quantitative estimate of drug-likeness (QED) is 0.443. The Hall–Kier alpha value is -1.33. The van der Waals surface area contributed by atoms with Crippen LogP contribution in [0.25, 0.3) is 10.4 Å². The molecule has 4 nitrogen and oxygen atoms in total. The first-order valence-electron chi connectivity index (χ1n) is 5.99. The van der Waals surface area contributed by atoms with Gasteiger partial charge in [0.05, 0.1) is 5.69 Å². The Balaban J connectivity index is 2.18. The number of halogens is 3. The maximum Gasteiger partial charge on any atom is 0.241 e. The van der Waals surface area contributed by atoms with Crippen molar-refractivity contribution in [2.45, 2.75) is 19.3 Å². The summed E-state index contributed by atoms with van der Waals surface area (Å²) >= 11 is 3.37. The zero-order valence-corrected chi connectivity index (χ0v) is 11.7. The van der Waals surface area contributed by atoms with Crippen LogP contribution in [0.5, 0.6) is 0 Å². The summed E-state index contributed by atoms with van der Waals surface area (Å²) in [5.74, 6) is -0.522. The van der Waals surface area contributed by atoms with Gasteiger partial charge in [-0.15, -0.1) is 0 Å². The lowest BCUT2D eigenvalue weighted by Gasteiger charge is -2.34. The molecule has 19 heavy (non-hydrogen) atoms. The highest BCUT2D eigenvalue weighted by Gasteiger charge is 2.26. The summed E-state index contributed by atoms with van der Waals surface area (Å²) in [6, 6.07) is 5.37. The van der Waals surface area contributed by atoms with E-state index in [1.165, 1.54) is 0 Å². The van der Waals surface area contributed by atoms with Crippen molar-refractivity contribution in [2.75, 3.05) is 18.0 Å². The number of nitrogens with zero attached hydrogens (tertiary/aromatic N) is 4. The van der Waals surface area contributed by atoms with Crippen LogP contribution in [-0.2, 0) is 0 Å². The van der Waals surface area contributed by atoms with Gasteiger partial charge in [0.25, 0.3) is 0 Å². The van der Waals surface area contributed by atoms with E-state index in [0.29, 0.717) is 31.6 Å². The number of alkyl halides is 2. The van der Waals surface area contributed by atoms with Crippen LogP contribution in [0.1, 0.15) is 12.8 Å². The molecule has 0 atom stereocenters. The molecule has 0 saturated carbocycles. The molecule has 0 aromatic heterocycles. The van der Waals surface area contributed by atoms with Gasteiger partial charge in [-0.3, -0.25) is 0 Å². The van der Waals surface area contributed by atoms with E-state index in [4.69, 9.17) is 5.53 Å². The maximum absolute atomic E-state index is 12.6. The second-order valence-electron chi connectivity index (χ2n) is 4.48. The van der Waals surface area contributed by atoms with E-state index < -0.39 is 12.3 Å². The number of hydrogen-bond donors (Lipinski definition) is 0. The van der Waals surface area contributed by atoms with Gasteiger partial charge in [-0.25, -0.2) is 8.78 Å². The van der Waals surface area contributed by atoms with Crippen molar-refractivity contribution < 1.29 is 8.78 Å². The molecular formula is C12H13BrF2N4. The fourth-order valence-electron chi connectivity index (χ4n) is 2.27. The van der Waals surface area contributed by atoms with E-state index in [9.17, 15) is 8.78 Å². The first-order chi connectivity index (χ1) is 9.11. The summed E-state index contributed by atoms with van der Waals surface area (Å²) in [6.07, 6.45) is -1.33. The highest BCUT2D eigenvalue weighted by atomic mass is 79.9. The summed E-state index contributed by atoms with van der Waals surface area (Å²) in [6.45, 7) is 1.11. The van der Waals surface area contributed by atoms with E-state index in [1.807, 2.05) is 11.0 Å². The predicted octanol–water partition coefficient (Wildman–Crippen LogP) is 4.87. The molecule has 102 valence electrons. The standard InChI is InChI=1S/C12H13BrF2N4/c13-9-1-2-10(17-18-16)11(7-9)19-5-3-8(4-6-19)12(14)15/h1-2,7-8,12H,3-6H2. The van der Waals surface area contributed by atoms with Crippen molar-refractivity contribution in [1.82, 2.24) is 0 Å². The molecule has 1 heterocycles. The number of hydrogen-bond acceptors (Lipinski definition) is 2. The minimum Gasteiger partial charge on any atom is -0.371 e. The molecule has 7 heteroatoms. The van der Waals surface area contributed by atoms with Gasteiger partial charge in [-0.05, 0) is 36.6 Å². The van der Waals surface area contributed by atoms with Gasteiger partial charge >= 0.3 is 0 Å². The first kappa shape index (κ1) is 14.1. The van der Waals surface area contributed by atoms with E-state index in [1.54, 1.807) is 12.1 Å². The second-order valence-corrected chi connectivity index (χ2v) is 5.40. The van der Waals surface area contributed by atoms with Crippen molar-refractivity contribution in [2.24, 2.45) is 11.0 Å². The van der Waals surface area contributed by atoms with Crippen LogP contribution >= 0.6 is 15.9 Å². The minimum absolute atomic E-state index is 0.458. The molecule has 1 aliphatic rings. The van der Waals surface area contributed by atoms with Gasteiger partial charge in [-0.1, -0.05) is 21.0 Å². The third kappa shape index (κ3) is 3.36. The lowest BCUT2D eigenvalue weighted by molar-refractivity contribution is 0.0636. The van der Waals surface area contributed by atoms with Crippen molar-refractivity contribution in [3.63, 3.8) is 0 Å². The van der Waals surface area contributed by atoms with Gasteiger partial charge in [-0.2, -0.15) is 0 Å². The topological polar surface area (TPSA) is 52.0 Å². The van der Waals surface area contributed by atoms with Crippen LogP contribution in [0.4, 0.5) is 20.2 Å². The Morgan fingerprint density at radius 3 is 2.63 bits per heavy atom. The number of anilines is 1. The van der Waals surface area contributed by atoms with Gasteiger partial charge in [0.15, 0.2) is 0 Å². The Labute approximate surface area is 118 Å².